The van der Waals surface area contributed by atoms with Crippen LogP contribution >= 0.6 is 0 Å². The van der Waals surface area contributed by atoms with Crippen LogP contribution in [0.4, 0.5) is 18.9 Å². The van der Waals surface area contributed by atoms with Crippen LogP contribution in [0.2, 0.25) is 0 Å². The number of amides is 2. The fraction of sp³-hybridized carbons (Fsp3) is 0.417. The summed E-state index contributed by atoms with van der Waals surface area (Å²) in [6.07, 6.45) is -1.46. The molecule has 1 aliphatic carbocycles. The SMILES string of the molecule is Cc1ccccc1[C@H](C(=O)NC1CC(F)(F)C1)N(C(=O)CCS(=O)(=O)N1CC1)c1cccc(F)c1. The lowest BCUT2D eigenvalue weighted by Gasteiger charge is -2.38. The van der Waals surface area contributed by atoms with Gasteiger partial charge in [-0.3, -0.25) is 14.5 Å². The average molecular weight is 510 g/mol. The minimum atomic E-state index is -3.62. The first kappa shape index (κ1) is 25.2. The summed E-state index contributed by atoms with van der Waals surface area (Å²) >= 11 is 0. The molecule has 0 bridgehead atoms. The van der Waals surface area contributed by atoms with Crippen molar-refractivity contribution in [3.63, 3.8) is 0 Å². The van der Waals surface area contributed by atoms with Crippen molar-refractivity contribution in [2.45, 2.75) is 44.2 Å². The van der Waals surface area contributed by atoms with Gasteiger partial charge in [-0.1, -0.05) is 30.3 Å². The molecule has 0 unspecified atom stereocenters. The minimum absolute atomic E-state index is 0.0569. The van der Waals surface area contributed by atoms with E-state index in [2.05, 4.69) is 5.32 Å². The predicted octanol–water partition coefficient (Wildman–Crippen LogP) is 3.16. The Hall–Kier alpha value is -2.92. The molecule has 0 aromatic heterocycles. The first-order valence-corrected chi connectivity index (χ1v) is 12.9. The van der Waals surface area contributed by atoms with Crippen LogP contribution < -0.4 is 10.2 Å². The van der Waals surface area contributed by atoms with E-state index in [-0.39, 0.29) is 5.69 Å². The highest BCUT2D eigenvalue weighted by atomic mass is 32.2. The Balaban J connectivity index is 1.70. The summed E-state index contributed by atoms with van der Waals surface area (Å²) in [4.78, 5) is 28.0. The van der Waals surface area contributed by atoms with Gasteiger partial charge in [0.2, 0.25) is 21.8 Å². The molecule has 1 aliphatic heterocycles. The third-order valence-corrected chi connectivity index (χ3v) is 8.03. The second kappa shape index (κ2) is 9.62. The Kier molecular flexibility index (Phi) is 6.92. The van der Waals surface area contributed by atoms with Gasteiger partial charge < -0.3 is 5.32 Å². The van der Waals surface area contributed by atoms with Crippen LogP contribution in [0.25, 0.3) is 0 Å². The molecule has 188 valence electrons. The molecule has 0 radical (unpaired) electrons. The van der Waals surface area contributed by atoms with Crippen LogP contribution in [0.3, 0.4) is 0 Å². The fourth-order valence-corrected chi connectivity index (χ4v) is 5.51. The van der Waals surface area contributed by atoms with Gasteiger partial charge in [0, 0.05) is 44.1 Å². The van der Waals surface area contributed by atoms with Gasteiger partial charge in [0.25, 0.3) is 5.92 Å². The van der Waals surface area contributed by atoms with Crippen molar-refractivity contribution in [3.8, 4) is 0 Å². The smallest absolute Gasteiger partial charge is 0.252 e. The van der Waals surface area contributed by atoms with Gasteiger partial charge in [-0.25, -0.2) is 21.6 Å². The van der Waals surface area contributed by atoms with E-state index in [1.54, 1.807) is 31.2 Å². The van der Waals surface area contributed by atoms with E-state index in [1.807, 2.05) is 0 Å². The maximum Gasteiger partial charge on any atom is 0.252 e. The Bertz CT molecular complexity index is 1230. The quantitative estimate of drug-likeness (QED) is 0.527. The molecule has 1 heterocycles. The summed E-state index contributed by atoms with van der Waals surface area (Å²) < 4.78 is 66.8. The van der Waals surface area contributed by atoms with E-state index >= 15 is 0 Å². The molecule has 2 amide bonds. The van der Waals surface area contributed by atoms with Crippen molar-refractivity contribution >= 4 is 27.5 Å². The zero-order valence-corrected chi connectivity index (χ0v) is 19.9. The Morgan fingerprint density at radius 3 is 2.43 bits per heavy atom. The van der Waals surface area contributed by atoms with Crippen LogP contribution in [-0.4, -0.2) is 55.3 Å². The van der Waals surface area contributed by atoms with Crippen molar-refractivity contribution in [2.75, 3.05) is 23.7 Å². The van der Waals surface area contributed by atoms with E-state index in [9.17, 15) is 31.2 Å². The second-order valence-corrected chi connectivity index (χ2v) is 11.0. The lowest BCUT2D eigenvalue weighted by molar-refractivity contribution is -0.132. The molecular weight excluding hydrogens is 483 g/mol. The topological polar surface area (TPSA) is 86.6 Å². The molecular formula is C24H26F3N3O4S. The zero-order chi connectivity index (χ0) is 25.4. The second-order valence-electron chi connectivity index (χ2n) is 8.94. The number of benzene rings is 2. The number of halogens is 3. The average Bonchev–Trinajstić information content (AvgIpc) is 3.61. The summed E-state index contributed by atoms with van der Waals surface area (Å²) in [6, 6.07) is 9.74. The van der Waals surface area contributed by atoms with Crippen LogP contribution in [-0.2, 0) is 19.6 Å². The van der Waals surface area contributed by atoms with E-state index in [0.717, 1.165) is 11.0 Å². The third kappa shape index (κ3) is 5.84. The molecule has 2 aliphatic rings. The first-order valence-electron chi connectivity index (χ1n) is 11.3. The third-order valence-electron chi connectivity index (χ3n) is 6.15. The molecule has 2 aromatic rings. The predicted molar refractivity (Wildman–Crippen MR) is 124 cm³/mol. The lowest BCUT2D eigenvalue weighted by atomic mass is 9.87. The summed E-state index contributed by atoms with van der Waals surface area (Å²) in [5, 5.41) is 2.59. The van der Waals surface area contributed by atoms with E-state index in [4.69, 9.17) is 0 Å². The maximum absolute atomic E-state index is 14.2. The summed E-state index contributed by atoms with van der Waals surface area (Å²) in [5.41, 5.74) is 1.13. The number of carbonyl (C=O) groups is 2. The molecule has 11 heteroatoms. The van der Waals surface area contributed by atoms with E-state index in [0.29, 0.717) is 24.2 Å². The fourth-order valence-electron chi connectivity index (χ4n) is 4.18. The van der Waals surface area contributed by atoms with Gasteiger partial charge in [0.1, 0.15) is 11.9 Å². The number of hydrogen-bond acceptors (Lipinski definition) is 4. The standard InChI is InChI=1S/C24H26F3N3O4S/c1-16-5-2-3-8-20(16)22(23(32)28-18-14-24(26,27)15-18)30(19-7-4-6-17(25)13-19)21(31)9-12-35(33,34)29-10-11-29/h2-8,13,18,22H,9-12,14-15H2,1H3,(H,28,32)/t22-/m1/s1. The van der Waals surface area contributed by atoms with Crippen LogP contribution in [0.15, 0.2) is 48.5 Å². The molecule has 7 nitrogen and oxygen atoms in total. The molecule has 4 rings (SSSR count). The maximum atomic E-state index is 14.2. The van der Waals surface area contributed by atoms with Crippen molar-refractivity contribution in [3.05, 3.63) is 65.5 Å². The Morgan fingerprint density at radius 1 is 1.14 bits per heavy atom. The summed E-state index contributed by atoms with van der Waals surface area (Å²) in [6.45, 7) is 2.51. The number of alkyl halides is 2. The van der Waals surface area contributed by atoms with Crippen LogP contribution in [0, 0.1) is 12.7 Å². The van der Waals surface area contributed by atoms with Gasteiger partial charge in [-0.05, 0) is 36.2 Å². The molecule has 1 N–H and O–H groups in total. The minimum Gasteiger partial charge on any atom is -0.351 e. The highest BCUT2D eigenvalue weighted by Gasteiger charge is 2.47. The molecule has 2 aromatic carbocycles. The number of sulfonamides is 1. The molecule has 0 spiro atoms. The van der Waals surface area contributed by atoms with Gasteiger partial charge in [-0.2, -0.15) is 4.31 Å². The summed E-state index contributed by atoms with van der Waals surface area (Å²) in [7, 11) is -3.62. The van der Waals surface area contributed by atoms with Gasteiger partial charge >= 0.3 is 0 Å². The first-order chi connectivity index (χ1) is 16.5. The van der Waals surface area contributed by atoms with Gasteiger partial charge in [-0.15, -0.1) is 0 Å². The van der Waals surface area contributed by atoms with Crippen molar-refractivity contribution < 1.29 is 31.2 Å². The van der Waals surface area contributed by atoms with E-state index in [1.165, 1.54) is 22.5 Å². The monoisotopic (exact) mass is 509 g/mol. The number of hydrogen-bond donors (Lipinski definition) is 1. The van der Waals surface area contributed by atoms with Crippen molar-refractivity contribution in [1.29, 1.82) is 0 Å². The lowest BCUT2D eigenvalue weighted by Crippen LogP contribution is -2.54. The number of nitrogens with zero attached hydrogens (tertiary/aromatic N) is 2. The van der Waals surface area contributed by atoms with Crippen LogP contribution in [0.1, 0.15) is 36.4 Å². The van der Waals surface area contributed by atoms with Gasteiger partial charge in [0.05, 0.1) is 5.75 Å². The van der Waals surface area contributed by atoms with E-state index < -0.39 is 70.7 Å². The highest BCUT2D eigenvalue weighted by Crippen LogP contribution is 2.38. The molecule has 1 saturated carbocycles. The Morgan fingerprint density at radius 2 is 1.83 bits per heavy atom. The molecule has 35 heavy (non-hydrogen) atoms. The molecule has 2 fully saturated rings. The number of anilines is 1. The molecule has 1 saturated heterocycles. The van der Waals surface area contributed by atoms with Crippen LogP contribution in [0.5, 0.6) is 0 Å². The highest BCUT2D eigenvalue weighted by molar-refractivity contribution is 7.89. The number of aryl methyl sites for hydroxylation is 1. The van der Waals surface area contributed by atoms with Gasteiger partial charge in [0.15, 0.2) is 0 Å². The zero-order valence-electron chi connectivity index (χ0n) is 19.1. The number of nitrogens with one attached hydrogen (secondary N) is 1. The number of carbonyl (C=O) groups excluding carboxylic acids is 2. The molecule has 1 atom stereocenters. The summed E-state index contributed by atoms with van der Waals surface area (Å²) in [5.74, 6) is -5.39. The Labute approximate surface area is 202 Å². The van der Waals surface area contributed by atoms with Crippen molar-refractivity contribution in [2.24, 2.45) is 0 Å². The normalized spacial score (nSPS) is 18.4. The van der Waals surface area contributed by atoms with Crippen molar-refractivity contribution in [1.82, 2.24) is 9.62 Å². The number of rotatable bonds is 9. The largest absolute Gasteiger partial charge is 0.351 e.